The summed E-state index contributed by atoms with van der Waals surface area (Å²) in [5.41, 5.74) is 0. The second-order valence-electron chi connectivity index (χ2n) is 4.27. The van der Waals surface area contributed by atoms with Gasteiger partial charge in [-0.15, -0.1) is 0 Å². The van der Waals surface area contributed by atoms with Gasteiger partial charge < -0.3 is 14.6 Å². The minimum Gasteiger partial charge on any atom is -0.385 e. The van der Waals surface area contributed by atoms with Crippen LogP contribution in [0.25, 0.3) is 0 Å². The van der Waals surface area contributed by atoms with Gasteiger partial charge in [-0.25, -0.2) is 4.98 Å². The Balaban J connectivity index is 2.38. The van der Waals surface area contributed by atoms with Crippen LogP contribution in [0.2, 0.25) is 0 Å². The molecule has 0 spiro atoms. The zero-order chi connectivity index (χ0) is 13.2. The standard InChI is InChI=1S/C13H25N3OS/c1-4-18-11-6-12(2)16-9-8-15-13(16)14-7-5-10-17-3/h8-9,12H,4-7,10-11H2,1-3H3,(H,14,15). The fraction of sp³-hybridized carbons (Fsp3) is 0.769. The smallest absolute Gasteiger partial charge is 0.203 e. The Bertz CT molecular complexity index is 317. The van der Waals surface area contributed by atoms with Gasteiger partial charge in [0.05, 0.1) is 0 Å². The third kappa shape index (κ3) is 5.31. The molecule has 0 fully saturated rings. The van der Waals surface area contributed by atoms with Crippen LogP contribution in [0.1, 0.15) is 32.7 Å². The topological polar surface area (TPSA) is 39.1 Å². The van der Waals surface area contributed by atoms with E-state index in [9.17, 15) is 0 Å². The number of nitrogens with one attached hydrogen (secondary N) is 1. The van der Waals surface area contributed by atoms with Crippen molar-refractivity contribution in [3.05, 3.63) is 12.4 Å². The molecule has 0 aliphatic carbocycles. The Hall–Kier alpha value is -0.680. The molecule has 0 amide bonds. The molecule has 0 radical (unpaired) electrons. The molecule has 0 saturated carbocycles. The van der Waals surface area contributed by atoms with Crippen molar-refractivity contribution in [3.63, 3.8) is 0 Å². The third-order valence-corrected chi connectivity index (χ3v) is 3.77. The number of rotatable bonds is 10. The molecule has 1 aromatic heterocycles. The van der Waals surface area contributed by atoms with Crippen molar-refractivity contribution in [1.82, 2.24) is 9.55 Å². The van der Waals surface area contributed by atoms with Crippen LogP contribution in [0.15, 0.2) is 12.4 Å². The molecule has 0 bridgehead atoms. The summed E-state index contributed by atoms with van der Waals surface area (Å²) >= 11 is 1.99. The number of imidazole rings is 1. The number of nitrogens with zero attached hydrogens (tertiary/aromatic N) is 2. The molecule has 1 aromatic rings. The Morgan fingerprint density at radius 2 is 2.39 bits per heavy atom. The van der Waals surface area contributed by atoms with Gasteiger partial charge in [0.15, 0.2) is 0 Å². The minimum absolute atomic E-state index is 0.497. The minimum atomic E-state index is 0.497. The highest BCUT2D eigenvalue weighted by Gasteiger charge is 2.09. The first-order valence-corrected chi connectivity index (χ1v) is 7.78. The van der Waals surface area contributed by atoms with Crippen molar-refractivity contribution in [2.45, 2.75) is 32.7 Å². The van der Waals surface area contributed by atoms with E-state index in [4.69, 9.17) is 4.74 Å². The first-order chi connectivity index (χ1) is 8.79. The van der Waals surface area contributed by atoms with Gasteiger partial charge in [-0.3, -0.25) is 0 Å². The van der Waals surface area contributed by atoms with Gasteiger partial charge in [-0.05, 0) is 31.3 Å². The normalized spacial score (nSPS) is 12.6. The molecule has 104 valence electrons. The number of methoxy groups -OCH3 is 1. The number of aromatic nitrogens is 2. The Morgan fingerprint density at radius 3 is 3.11 bits per heavy atom. The average Bonchev–Trinajstić information content (AvgIpc) is 2.83. The van der Waals surface area contributed by atoms with E-state index < -0.39 is 0 Å². The first-order valence-electron chi connectivity index (χ1n) is 6.63. The molecule has 0 aliphatic rings. The largest absolute Gasteiger partial charge is 0.385 e. The quantitative estimate of drug-likeness (QED) is 0.664. The van der Waals surface area contributed by atoms with Crippen LogP contribution in [0.3, 0.4) is 0 Å². The van der Waals surface area contributed by atoms with Crippen LogP contribution in [0.5, 0.6) is 0 Å². The van der Waals surface area contributed by atoms with Gasteiger partial charge in [0.25, 0.3) is 0 Å². The SMILES string of the molecule is CCSCCC(C)n1ccnc1NCCCOC. The van der Waals surface area contributed by atoms with E-state index in [1.807, 2.05) is 18.0 Å². The molecular formula is C13H25N3OS. The summed E-state index contributed by atoms with van der Waals surface area (Å²) in [5, 5.41) is 3.36. The highest BCUT2D eigenvalue weighted by atomic mass is 32.2. The molecule has 4 nitrogen and oxygen atoms in total. The summed E-state index contributed by atoms with van der Waals surface area (Å²) in [6.07, 6.45) is 6.10. The van der Waals surface area contributed by atoms with Crippen LogP contribution in [-0.4, -0.2) is 41.3 Å². The number of ether oxygens (including phenoxy) is 1. The lowest BCUT2D eigenvalue weighted by molar-refractivity contribution is 0.197. The molecule has 5 heteroatoms. The Labute approximate surface area is 115 Å². The number of thioether (sulfide) groups is 1. The van der Waals surface area contributed by atoms with Crippen LogP contribution < -0.4 is 5.32 Å². The first kappa shape index (κ1) is 15.4. The number of hydrogen-bond acceptors (Lipinski definition) is 4. The van der Waals surface area contributed by atoms with E-state index in [-0.39, 0.29) is 0 Å². The monoisotopic (exact) mass is 271 g/mol. The van der Waals surface area contributed by atoms with Gasteiger partial charge in [0.1, 0.15) is 0 Å². The molecule has 1 unspecified atom stereocenters. The lowest BCUT2D eigenvalue weighted by Crippen LogP contribution is -2.13. The predicted molar refractivity (Wildman–Crippen MR) is 79.5 cm³/mol. The fourth-order valence-electron chi connectivity index (χ4n) is 1.76. The molecule has 1 atom stereocenters. The van der Waals surface area contributed by atoms with Gasteiger partial charge in [-0.2, -0.15) is 11.8 Å². The maximum absolute atomic E-state index is 5.03. The summed E-state index contributed by atoms with van der Waals surface area (Å²) in [6, 6.07) is 0.497. The Morgan fingerprint density at radius 1 is 1.56 bits per heavy atom. The van der Waals surface area contributed by atoms with Crippen molar-refractivity contribution >= 4 is 17.7 Å². The lowest BCUT2D eigenvalue weighted by atomic mass is 10.2. The van der Waals surface area contributed by atoms with Gasteiger partial charge in [-0.1, -0.05) is 6.92 Å². The molecule has 0 saturated heterocycles. The molecule has 0 aliphatic heterocycles. The van der Waals surface area contributed by atoms with Crippen LogP contribution in [-0.2, 0) is 4.74 Å². The highest BCUT2D eigenvalue weighted by molar-refractivity contribution is 7.99. The third-order valence-electron chi connectivity index (χ3n) is 2.84. The van der Waals surface area contributed by atoms with Gasteiger partial charge >= 0.3 is 0 Å². The summed E-state index contributed by atoms with van der Waals surface area (Å²) in [4.78, 5) is 4.37. The van der Waals surface area contributed by atoms with Crippen LogP contribution in [0.4, 0.5) is 5.95 Å². The fourth-order valence-corrected chi connectivity index (χ4v) is 2.56. The maximum Gasteiger partial charge on any atom is 0.203 e. The highest BCUT2D eigenvalue weighted by Crippen LogP contribution is 2.18. The van der Waals surface area contributed by atoms with Crippen molar-refractivity contribution in [3.8, 4) is 0 Å². The van der Waals surface area contributed by atoms with Crippen LogP contribution >= 0.6 is 11.8 Å². The predicted octanol–water partition coefficient (Wildman–Crippen LogP) is 3.04. The second kappa shape index (κ2) is 9.28. The molecular weight excluding hydrogens is 246 g/mol. The summed E-state index contributed by atoms with van der Waals surface area (Å²) in [6.45, 7) is 6.14. The Kier molecular flexibility index (Phi) is 7.93. The molecule has 1 heterocycles. The van der Waals surface area contributed by atoms with E-state index in [0.717, 1.165) is 25.5 Å². The van der Waals surface area contributed by atoms with Crippen molar-refractivity contribution in [1.29, 1.82) is 0 Å². The summed E-state index contributed by atoms with van der Waals surface area (Å²) in [5.74, 6) is 3.37. The van der Waals surface area contributed by atoms with E-state index >= 15 is 0 Å². The van der Waals surface area contributed by atoms with Crippen molar-refractivity contribution in [2.24, 2.45) is 0 Å². The lowest BCUT2D eigenvalue weighted by Gasteiger charge is -2.16. The summed E-state index contributed by atoms with van der Waals surface area (Å²) in [7, 11) is 1.73. The molecule has 18 heavy (non-hydrogen) atoms. The number of hydrogen-bond donors (Lipinski definition) is 1. The van der Waals surface area contributed by atoms with E-state index in [2.05, 4.69) is 34.9 Å². The maximum atomic E-state index is 5.03. The zero-order valence-electron chi connectivity index (χ0n) is 11.7. The van der Waals surface area contributed by atoms with Crippen molar-refractivity contribution < 1.29 is 4.74 Å². The zero-order valence-corrected chi connectivity index (χ0v) is 12.5. The van der Waals surface area contributed by atoms with Crippen LogP contribution in [0, 0.1) is 0 Å². The van der Waals surface area contributed by atoms with Gasteiger partial charge in [0, 0.05) is 38.7 Å². The summed E-state index contributed by atoms with van der Waals surface area (Å²) < 4.78 is 7.26. The van der Waals surface area contributed by atoms with Crippen molar-refractivity contribution in [2.75, 3.05) is 37.1 Å². The van der Waals surface area contributed by atoms with E-state index in [0.29, 0.717) is 6.04 Å². The molecule has 0 aromatic carbocycles. The van der Waals surface area contributed by atoms with E-state index in [1.54, 1.807) is 7.11 Å². The van der Waals surface area contributed by atoms with Gasteiger partial charge in [0.2, 0.25) is 5.95 Å². The molecule has 1 rings (SSSR count). The van der Waals surface area contributed by atoms with E-state index in [1.165, 1.54) is 17.9 Å². The second-order valence-corrected chi connectivity index (χ2v) is 5.66. The molecule has 1 N–H and O–H groups in total. The average molecular weight is 271 g/mol. The number of anilines is 1.